The van der Waals surface area contributed by atoms with Gasteiger partial charge in [0.25, 0.3) is 5.91 Å². The maximum absolute atomic E-state index is 12.3. The number of carbonyl (C=O) groups excluding carboxylic acids is 1. The van der Waals surface area contributed by atoms with Crippen LogP contribution in [0.25, 0.3) is 10.8 Å². The van der Waals surface area contributed by atoms with Gasteiger partial charge in [0, 0.05) is 33.2 Å². The summed E-state index contributed by atoms with van der Waals surface area (Å²) in [7, 11) is 0. The number of anilines is 2. The number of pyridine rings is 1. The SMILES string of the molecule is Nc1cccc(C(=O)Nc2cncc3cc(Cl)ccc23)c1. The number of fused-ring (bicyclic) bond motifs is 1. The van der Waals surface area contributed by atoms with Crippen molar-refractivity contribution in [3.05, 3.63) is 65.4 Å². The summed E-state index contributed by atoms with van der Waals surface area (Å²) < 4.78 is 0. The molecule has 1 heterocycles. The first-order chi connectivity index (χ1) is 10.1. The third kappa shape index (κ3) is 2.80. The van der Waals surface area contributed by atoms with Crippen molar-refractivity contribution in [1.82, 2.24) is 4.98 Å². The molecule has 3 rings (SSSR count). The van der Waals surface area contributed by atoms with Crippen LogP contribution in [0.4, 0.5) is 11.4 Å². The molecule has 1 aromatic heterocycles. The zero-order valence-corrected chi connectivity index (χ0v) is 11.8. The summed E-state index contributed by atoms with van der Waals surface area (Å²) in [5, 5.41) is 5.23. The first kappa shape index (κ1) is 13.4. The second kappa shape index (κ2) is 5.42. The predicted octanol–water partition coefficient (Wildman–Crippen LogP) is 3.72. The van der Waals surface area contributed by atoms with E-state index in [2.05, 4.69) is 10.3 Å². The number of amides is 1. The van der Waals surface area contributed by atoms with E-state index in [9.17, 15) is 4.79 Å². The Morgan fingerprint density at radius 2 is 2.00 bits per heavy atom. The summed E-state index contributed by atoms with van der Waals surface area (Å²) in [5.74, 6) is -0.230. The van der Waals surface area contributed by atoms with Gasteiger partial charge < -0.3 is 11.1 Å². The number of hydrogen-bond donors (Lipinski definition) is 2. The zero-order valence-electron chi connectivity index (χ0n) is 11.0. The lowest BCUT2D eigenvalue weighted by Gasteiger charge is -2.09. The highest BCUT2D eigenvalue weighted by molar-refractivity contribution is 6.31. The van der Waals surface area contributed by atoms with Gasteiger partial charge in [0.2, 0.25) is 0 Å². The number of benzene rings is 2. The molecule has 4 nitrogen and oxygen atoms in total. The molecule has 104 valence electrons. The average Bonchev–Trinajstić information content (AvgIpc) is 2.47. The predicted molar refractivity (Wildman–Crippen MR) is 85.6 cm³/mol. The van der Waals surface area contributed by atoms with Crippen molar-refractivity contribution < 1.29 is 4.79 Å². The average molecular weight is 298 g/mol. The third-order valence-corrected chi connectivity index (χ3v) is 3.35. The van der Waals surface area contributed by atoms with Crippen LogP contribution in [0, 0.1) is 0 Å². The summed E-state index contributed by atoms with van der Waals surface area (Å²) in [4.78, 5) is 16.4. The first-order valence-electron chi connectivity index (χ1n) is 6.33. The highest BCUT2D eigenvalue weighted by atomic mass is 35.5. The van der Waals surface area contributed by atoms with Crippen LogP contribution in [-0.2, 0) is 0 Å². The summed E-state index contributed by atoms with van der Waals surface area (Å²) in [5.41, 5.74) is 7.37. The number of nitrogens with one attached hydrogen (secondary N) is 1. The van der Waals surface area contributed by atoms with Crippen LogP contribution in [0.15, 0.2) is 54.9 Å². The Hall–Kier alpha value is -2.59. The highest BCUT2D eigenvalue weighted by Crippen LogP contribution is 2.25. The molecule has 21 heavy (non-hydrogen) atoms. The van der Waals surface area contributed by atoms with Crippen molar-refractivity contribution in [1.29, 1.82) is 0 Å². The molecule has 2 aromatic carbocycles. The lowest BCUT2D eigenvalue weighted by molar-refractivity contribution is 0.102. The van der Waals surface area contributed by atoms with E-state index in [0.29, 0.717) is 22.0 Å². The van der Waals surface area contributed by atoms with Crippen LogP contribution in [0.1, 0.15) is 10.4 Å². The Kier molecular flexibility index (Phi) is 3.46. The fraction of sp³-hybridized carbons (Fsp3) is 0. The van der Waals surface area contributed by atoms with Crippen molar-refractivity contribution in [3.63, 3.8) is 0 Å². The molecule has 0 aliphatic rings. The second-order valence-electron chi connectivity index (χ2n) is 4.63. The lowest BCUT2D eigenvalue weighted by atomic mass is 10.1. The van der Waals surface area contributed by atoms with Crippen molar-refractivity contribution in [2.24, 2.45) is 0 Å². The van der Waals surface area contributed by atoms with Gasteiger partial charge in [-0.15, -0.1) is 0 Å². The molecule has 1 amide bonds. The molecule has 0 aliphatic carbocycles. The molecule has 5 heteroatoms. The van der Waals surface area contributed by atoms with Gasteiger partial charge in [-0.05, 0) is 30.3 Å². The molecular formula is C16H12ClN3O. The van der Waals surface area contributed by atoms with Gasteiger partial charge in [0.1, 0.15) is 0 Å². The maximum Gasteiger partial charge on any atom is 0.255 e. The van der Waals surface area contributed by atoms with Crippen molar-refractivity contribution >= 4 is 39.7 Å². The number of halogens is 1. The minimum absolute atomic E-state index is 0.230. The van der Waals surface area contributed by atoms with Crippen LogP contribution in [0.2, 0.25) is 5.02 Å². The Morgan fingerprint density at radius 3 is 2.81 bits per heavy atom. The van der Waals surface area contributed by atoms with Crippen molar-refractivity contribution in [3.8, 4) is 0 Å². The molecule has 0 saturated carbocycles. The number of nitrogens with two attached hydrogens (primary N) is 1. The van der Waals surface area contributed by atoms with Crippen LogP contribution in [-0.4, -0.2) is 10.9 Å². The molecule has 0 bridgehead atoms. The largest absolute Gasteiger partial charge is 0.399 e. The molecular weight excluding hydrogens is 286 g/mol. The molecule has 0 aliphatic heterocycles. The van der Waals surface area contributed by atoms with E-state index in [-0.39, 0.29) is 5.91 Å². The Balaban J connectivity index is 1.96. The topological polar surface area (TPSA) is 68.0 Å². The van der Waals surface area contributed by atoms with Crippen LogP contribution < -0.4 is 11.1 Å². The maximum atomic E-state index is 12.3. The fourth-order valence-electron chi connectivity index (χ4n) is 2.12. The van der Waals surface area contributed by atoms with Gasteiger partial charge in [-0.3, -0.25) is 9.78 Å². The molecule has 0 fully saturated rings. The Morgan fingerprint density at radius 1 is 1.14 bits per heavy atom. The molecule has 0 saturated heterocycles. The number of carbonyl (C=O) groups is 1. The van der Waals surface area contributed by atoms with E-state index in [4.69, 9.17) is 17.3 Å². The summed E-state index contributed by atoms with van der Waals surface area (Å²) in [6, 6.07) is 12.3. The zero-order chi connectivity index (χ0) is 14.8. The van der Waals surface area contributed by atoms with Gasteiger partial charge in [-0.25, -0.2) is 0 Å². The second-order valence-corrected chi connectivity index (χ2v) is 5.07. The summed E-state index contributed by atoms with van der Waals surface area (Å²) in [6.45, 7) is 0. The smallest absolute Gasteiger partial charge is 0.255 e. The number of nitrogen functional groups attached to an aromatic ring is 1. The minimum Gasteiger partial charge on any atom is -0.399 e. The van der Waals surface area contributed by atoms with Gasteiger partial charge >= 0.3 is 0 Å². The van der Waals surface area contributed by atoms with E-state index in [1.807, 2.05) is 6.07 Å². The summed E-state index contributed by atoms with van der Waals surface area (Å²) >= 11 is 5.96. The van der Waals surface area contributed by atoms with Gasteiger partial charge in [-0.2, -0.15) is 0 Å². The Bertz CT molecular complexity index is 833. The molecule has 0 unspecified atom stereocenters. The van der Waals surface area contributed by atoms with Crippen LogP contribution >= 0.6 is 11.6 Å². The van der Waals surface area contributed by atoms with E-state index in [1.54, 1.807) is 48.8 Å². The van der Waals surface area contributed by atoms with E-state index in [1.165, 1.54) is 0 Å². The monoisotopic (exact) mass is 297 g/mol. The summed E-state index contributed by atoms with van der Waals surface area (Å²) in [6.07, 6.45) is 3.32. The van der Waals surface area contributed by atoms with Crippen molar-refractivity contribution in [2.75, 3.05) is 11.1 Å². The van der Waals surface area contributed by atoms with Gasteiger partial charge in [-0.1, -0.05) is 23.7 Å². The molecule has 0 radical (unpaired) electrons. The molecule has 0 atom stereocenters. The fourth-order valence-corrected chi connectivity index (χ4v) is 2.30. The van der Waals surface area contributed by atoms with Crippen LogP contribution in [0.5, 0.6) is 0 Å². The van der Waals surface area contributed by atoms with Gasteiger partial charge in [0.05, 0.1) is 11.9 Å². The van der Waals surface area contributed by atoms with E-state index < -0.39 is 0 Å². The standard InChI is InChI=1S/C16H12ClN3O/c17-12-4-5-14-11(6-12)8-19-9-15(14)20-16(21)10-2-1-3-13(18)7-10/h1-9H,18H2,(H,20,21). The highest BCUT2D eigenvalue weighted by Gasteiger charge is 2.09. The number of aromatic nitrogens is 1. The van der Waals surface area contributed by atoms with E-state index >= 15 is 0 Å². The van der Waals surface area contributed by atoms with Gasteiger partial charge in [0.15, 0.2) is 0 Å². The van der Waals surface area contributed by atoms with E-state index in [0.717, 1.165) is 10.8 Å². The number of hydrogen-bond acceptors (Lipinski definition) is 3. The quantitative estimate of drug-likeness (QED) is 0.708. The molecule has 3 N–H and O–H groups in total. The first-order valence-corrected chi connectivity index (χ1v) is 6.71. The van der Waals surface area contributed by atoms with Crippen LogP contribution in [0.3, 0.4) is 0 Å². The normalized spacial score (nSPS) is 10.5. The number of nitrogens with zero attached hydrogens (tertiary/aromatic N) is 1. The lowest BCUT2D eigenvalue weighted by Crippen LogP contribution is -2.12. The number of rotatable bonds is 2. The Labute approximate surface area is 126 Å². The molecule has 0 spiro atoms. The minimum atomic E-state index is -0.230. The third-order valence-electron chi connectivity index (χ3n) is 3.12. The molecule has 3 aromatic rings. The van der Waals surface area contributed by atoms with Crippen molar-refractivity contribution in [2.45, 2.75) is 0 Å².